The molecule has 4 heterocycles. The highest BCUT2D eigenvalue weighted by Crippen LogP contribution is 2.20. The van der Waals surface area contributed by atoms with Gasteiger partial charge in [0, 0.05) is 55.5 Å². The number of anilines is 1. The lowest BCUT2D eigenvalue weighted by molar-refractivity contribution is 0.172. The molecule has 1 N–H and O–H groups in total. The molecule has 2 aromatic rings. The van der Waals surface area contributed by atoms with Crippen LogP contribution in [0.25, 0.3) is 0 Å². The van der Waals surface area contributed by atoms with Gasteiger partial charge in [0.15, 0.2) is 0 Å². The molecule has 2 aliphatic heterocycles. The molecule has 0 aromatic carbocycles. The fraction of sp³-hybridized carbons (Fsp3) is 0.579. The molecule has 4 rings (SSSR count). The van der Waals surface area contributed by atoms with Gasteiger partial charge in [-0.2, -0.15) is 0 Å². The Hall–Kier alpha value is -1.50. The van der Waals surface area contributed by atoms with E-state index in [-0.39, 0.29) is 0 Å². The van der Waals surface area contributed by atoms with Crippen molar-refractivity contribution < 1.29 is 0 Å². The Morgan fingerprint density at radius 3 is 2.64 bits per heavy atom. The molecule has 6 heteroatoms. The molecule has 1 atom stereocenters. The van der Waals surface area contributed by atoms with Gasteiger partial charge < -0.3 is 10.2 Å². The maximum atomic E-state index is 4.38. The van der Waals surface area contributed by atoms with Crippen LogP contribution in [0.5, 0.6) is 0 Å². The van der Waals surface area contributed by atoms with Crippen LogP contribution >= 0.6 is 11.3 Å². The SMILES string of the molecule is c1cnc(N2CCC(N[C@H]3CCCN(Cc4cccs4)C3)CC2)nc1. The summed E-state index contributed by atoms with van der Waals surface area (Å²) < 4.78 is 0. The highest BCUT2D eigenvalue weighted by molar-refractivity contribution is 7.09. The van der Waals surface area contributed by atoms with E-state index in [1.807, 2.05) is 29.8 Å². The van der Waals surface area contributed by atoms with Crippen molar-refractivity contribution in [1.82, 2.24) is 20.2 Å². The van der Waals surface area contributed by atoms with Crippen LogP contribution in [0.2, 0.25) is 0 Å². The summed E-state index contributed by atoms with van der Waals surface area (Å²) >= 11 is 1.87. The summed E-state index contributed by atoms with van der Waals surface area (Å²) in [4.78, 5) is 15.2. The van der Waals surface area contributed by atoms with Crippen LogP contribution in [0.1, 0.15) is 30.6 Å². The second kappa shape index (κ2) is 8.25. The minimum Gasteiger partial charge on any atom is -0.341 e. The molecule has 134 valence electrons. The van der Waals surface area contributed by atoms with Crippen molar-refractivity contribution >= 4 is 17.3 Å². The van der Waals surface area contributed by atoms with E-state index in [9.17, 15) is 0 Å². The Kier molecular flexibility index (Phi) is 5.59. The van der Waals surface area contributed by atoms with Crippen molar-refractivity contribution in [3.63, 3.8) is 0 Å². The number of aromatic nitrogens is 2. The summed E-state index contributed by atoms with van der Waals surface area (Å²) in [5.74, 6) is 0.876. The average molecular weight is 358 g/mol. The highest BCUT2D eigenvalue weighted by atomic mass is 32.1. The number of rotatable bonds is 5. The maximum Gasteiger partial charge on any atom is 0.225 e. The second-order valence-electron chi connectivity index (χ2n) is 7.13. The van der Waals surface area contributed by atoms with E-state index < -0.39 is 0 Å². The second-order valence-corrected chi connectivity index (χ2v) is 8.16. The molecule has 2 aliphatic rings. The molecule has 0 spiro atoms. The Balaban J connectivity index is 1.24. The summed E-state index contributed by atoms with van der Waals surface area (Å²) in [6, 6.07) is 7.56. The zero-order valence-electron chi connectivity index (χ0n) is 14.7. The van der Waals surface area contributed by atoms with Crippen LogP contribution in [-0.2, 0) is 6.54 Å². The molecule has 5 nitrogen and oxygen atoms in total. The molecule has 25 heavy (non-hydrogen) atoms. The van der Waals surface area contributed by atoms with E-state index in [4.69, 9.17) is 0 Å². The van der Waals surface area contributed by atoms with Crippen molar-refractivity contribution in [1.29, 1.82) is 0 Å². The zero-order valence-corrected chi connectivity index (χ0v) is 15.5. The Bertz CT molecular complexity index is 625. The molecular formula is C19H27N5S. The van der Waals surface area contributed by atoms with Gasteiger partial charge in [-0.3, -0.25) is 4.90 Å². The predicted molar refractivity (Wildman–Crippen MR) is 103 cm³/mol. The van der Waals surface area contributed by atoms with Gasteiger partial charge in [0.1, 0.15) is 0 Å². The summed E-state index contributed by atoms with van der Waals surface area (Å²) in [7, 11) is 0. The lowest BCUT2D eigenvalue weighted by Gasteiger charge is -2.38. The lowest BCUT2D eigenvalue weighted by Crippen LogP contribution is -2.51. The molecule has 2 aromatic heterocycles. The van der Waals surface area contributed by atoms with Crippen LogP contribution in [0.3, 0.4) is 0 Å². The maximum absolute atomic E-state index is 4.38. The predicted octanol–water partition coefficient (Wildman–Crippen LogP) is 2.76. The molecule has 0 bridgehead atoms. The summed E-state index contributed by atoms with van der Waals surface area (Å²) in [5.41, 5.74) is 0. The molecule has 0 unspecified atom stereocenters. The van der Waals surface area contributed by atoms with Crippen molar-refractivity contribution in [2.75, 3.05) is 31.1 Å². The summed E-state index contributed by atoms with van der Waals surface area (Å²) in [6.45, 7) is 5.63. The van der Waals surface area contributed by atoms with Crippen molar-refractivity contribution in [3.8, 4) is 0 Å². The molecule has 2 saturated heterocycles. The largest absolute Gasteiger partial charge is 0.341 e. The first-order chi connectivity index (χ1) is 12.4. The fourth-order valence-electron chi connectivity index (χ4n) is 3.99. The van der Waals surface area contributed by atoms with E-state index in [1.54, 1.807) is 0 Å². The van der Waals surface area contributed by atoms with Crippen molar-refractivity contribution in [3.05, 3.63) is 40.8 Å². The zero-order chi connectivity index (χ0) is 16.9. The fourth-order valence-corrected chi connectivity index (χ4v) is 4.74. The third-order valence-electron chi connectivity index (χ3n) is 5.27. The third kappa shape index (κ3) is 4.57. The van der Waals surface area contributed by atoms with E-state index in [0.29, 0.717) is 12.1 Å². The number of piperidine rings is 2. The van der Waals surface area contributed by atoms with Crippen LogP contribution in [-0.4, -0.2) is 53.1 Å². The van der Waals surface area contributed by atoms with Gasteiger partial charge in [-0.05, 0) is 49.7 Å². The molecule has 2 fully saturated rings. The van der Waals surface area contributed by atoms with E-state index in [2.05, 4.69) is 42.6 Å². The van der Waals surface area contributed by atoms with Crippen LogP contribution < -0.4 is 10.2 Å². The summed E-state index contributed by atoms with van der Waals surface area (Å²) in [6.07, 6.45) is 8.63. The monoisotopic (exact) mass is 357 g/mol. The topological polar surface area (TPSA) is 44.3 Å². The van der Waals surface area contributed by atoms with Gasteiger partial charge in [-0.15, -0.1) is 11.3 Å². The van der Waals surface area contributed by atoms with Gasteiger partial charge in [0.05, 0.1) is 0 Å². The van der Waals surface area contributed by atoms with Gasteiger partial charge in [0.25, 0.3) is 0 Å². The molecule has 0 saturated carbocycles. The molecule has 0 amide bonds. The van der Waals surface area contributed by atoms with E-state index in [1.165, 1.54) is 43.6 Å². The molecular weight excluding hydrogens is 330 g/mol. The minimum absolute atomic E-state index is 0.631. The van der Waals surface area contributed by atoms with Gasteiger partial charge in [-0.1, -0.05) is 6.07 Å². The summed E-state index contributed by atoms with van der Waals surface area (Å²) in [5, 5.41) is 6.11. The van der Waals surface area contributed by atoms with Crippen LogP contribution in [0, 0.1) is 0 Å². The van der Waals surface area contributed by atoms with Gasteiger partial charge >= 0.3 is 0 Å². The lowest BCUT2D eigenvalue weighted by atomic mass is 10.00. The number of nitrogens with one attached hydrogen (secondary N) is 1. The number of likely N-dealkylation sites (tertiary alicyclic amines) is 1. The average Bonchev–Trinajstić information content (AvgIpc) is 3.16. The van der Waals surface area contributed by atoms with Crippen LogP contribution in [0.4, 0.5) is 5.95 Å². The van der Waals surface area contributed by atoms with Crippen molar-refractivity contribution in [2.45, 2.75) is 44.3 Å². The number of hydrogen-bond acceptors (Lipinski definition) is 6. The Morgan fingerprint density at radius 1 is 1.04 bits per heavy atom. The highest BCUT2D eigenvalue weighted by Gasteiger charge is 2.26. The van der Waals surface area contributed by atoms with Crippen LogP contribution in [0.15, 0.2) is 36.0 Å². The standard InChI is InChI=1S/C19H27N5S/c1-4-17(14-23(10-1)15-18-5-2-13-25-18)22-16-6-11-24(12-7-16)19-20-8-3-9-21-19/h2-3,5,8-9,13,16-17,22H,1,4,6-7,10-12,14-15H2/t17-/m0/s1. The Morgan fingerprint density at radius 2 is 1.88 bits per heavy atom. The first-order valence-corrected chi connectivity index (χ1v) is 10.3. The number of hydrogen-bond donors (Lipinski definition) is 1. The first-order valence-electron chi connectivity index (χ1n) is 9.39. The number of nitrogens with zero attached hydrogens (tertiary/aromatic N) is 4. The van der Waals surface area contributed by atoms with Crippen molar-refractivity contribution in [2.24, 2.45) is 0 Å². The van der Waals surface area contributed by atoms with Gasteiger partial charge in [0.2, 0.25) is 5.95 Å². The van der Waals surface area contributed by atoms with E-state index in [0.717, 1.165) is 25.6 Å². The normalized spacial score (nSPS) is 23.0. The first kappa shape index (κ1) is 16.9. The van der Waals surface area contributed by atoms with Gasteiger partial charge in [-0.25, -0.2) is 9.97 Å². The quantitative estimate of drug-likeness (QED) is 0.891. The third-order valence-corrected chi connectivity index (χ3v) is 6.13. The smallest absolute Gasteiger partial charge is 0.225 e. The molecule has 0 aliphatic carbocycles. The minimum atomic E-state index is 0.631. The number of thiophene rings is 1. The van der Waals surface area contributed by atoms with E-state index >= 15 is 0 Å². The Labute approximate surface area is 154 Å². The molecule has 0 radical (unpaired) electrons.